The zero-order valence-corrected chi connectivity index (χ0v) is 13.3. The van der Waals surface area contributed by atoms with Gasteiger partial charge in [0.05, 0.1) is 0 Å². The third kappa shape index (κ3) is 3.41. The molecule has 0 radical (unpaired) electrons. The van der Waals surface area contributed by atoms with Gasteiger partial charge in [-0.2, -0.15) is 0 Å². The summed E-state index contributed by atoms with van der Waals surface area (Å²) in [5, 5.41) is 2.92. The number of hydrogen-bond donors (Lipinski definition) is 1. The summed E-state index contributed by atoms with van der Waals surface area (Å²) < 4.78 is 0. The van der Waals surface area contributed by atoms with Crippen LogP contribution in [0.25, 0.3) is 11.1 Å². The molecule has 1 amide bonds. The Labute approximate surface area is 141 Å². The van der Waals surface area contributed by atoms with Gasteiger partial charge in [-0.05, 0) is 47.9 Å². The molecule has 0 aromatic heterocycles. The molecular formula is C21H17NO2. The molecule has 0 fully saturated rings. The number of carbonyl (C=O) groups is 2. The van der Waals surface area contributed by atoms with Crippen molar-refractivity contribution in [1.82, 2.24) is 0 Å². The Morgan fingerprint density at radius 2 is 1.62 bits per heavy atom. The van der Waals surface area contributed by atoms with Gasteiger partial charge in [0.15, 0.2) is 0 Å². The van der Waals surface area contributed by atoms with Crippen molar-refractivity contribution >= 4 is 17.9 Å². The highest BCUT2D eigenvalue weighted by Gasteiger charge is 2.08. The zero-order chi connectivity index (χ0) is 16.9. The molecule has 0 saturated carbocycles. The zero-order valence-electron chi connectivity index (χ0n) is 13.3. The van der Waals surface area contributed by atoms with E-state index in [2.05, 4.69) is 5.32 Å². The lowest BCUT2D eigenvalue weighted by atomic mass is 10.0. The van der Waals surface area contributed by atoms with Crippen molar-refractivity contribution in [2.75, 3.05) is 5.32 Å². The Bertz CT molecular complexity index is 882. The fourth-order valence-electron chi connectivity index (χ4n) is 2.51. The summed E-state index contributed by atoms with van der Waals surface area (Å²) in [6.07, 6.45) is 0.827. The average molecular weight is 315 g/mol. The first kappa shape index (κ1) is 15.7. The molecule has 118 valence electrons. The third-order valence-corrected chi connectivity index (χ3v) is 3.90. The summed E-state index contributed by atoms with van der Waals surface area (Å²) in [5.41, 5.74) is 4.97. The smallest absolute Gasteiger partial charge is 0.255 e. The number of hydrogen-bond acceptors (Lipinski definition) is 2. The first-order chi connectivity index (χ1) is 11.7. The quantitative estimate of drug-likeness (QED) is 0.708. The van der Waals surface area contributed by atoms with Crippen molar-refractivity contribution in [2.24, 2.45) is 0 Å². The van der Waals surface area contributed by atoms with Crippen LogP contribution in [0.1, 0.15) is 26.3 Å². The summed E-state index contributed by atoms with van der Waals surface area (Å²) in [6.45, 7) is 1.96. The van der Waals surface area contributed by atoms with Crippen LogP contribution in [0.5, 0.6) is 0 Å². The molecule has 0 saturated heterocycles. The molecule has 0 atom stereocenters. The van der Waals surface area contributed by atoms with Crippen molar-refractivity contribution in [3.63, 3.8) is 0 Å². The van der Waals surface area contributed by atoms with E-state index in [0.717, 1.165) is 28.7 Å². The first-order valence-electron chi connectivity index (χ1n) is 7.70. The van der Waals surface area contributed by atoms with Crippen LogP contribution in [0.4, 0.5) is 5.69 Å². The molecule has 1 N–H and O–H groups in total. The maximum Gasteiger partial charge on any atom is 0.255 e. The number of carbonyl (C=O) groups excluding carboxylic acids is 2. The van der Waals surface area contributed by atoms with E-state index in [9.17, 15) is 9.59 Å². The Hall–Kier alpha value is -3.20. The molecule has 0 aliphatic carbocycles. The summed E-state index contributed by atoms with van der Waals surface area (Å²) in [6, 6.07) is 22.4. The van der Waals surface area contributed by atoms with Crippen LogP contribution in [-0.4, -0.2) is 12.2 Å². The topological polar surface area (TPSA) is 46.2 Å². The molecule has 0 bridgehead atoms. The Balaban J connectivity index is 1.80. The Morgan fingerprint density at radius 3 is 2.33 bits per heavy atom. The van der Waals surface area contributed by atoms with Gasteiger partial charge in [0, 0.05) is 16.8 Å². The number of para-hydroxylation sites is 1. The van der Waals surface area contributed by atoms with Crippen LogP contribution in [0.3, 0.4) is 0 Å². The summed E-state index contributed by atoms with van der Waals surface area (Å²) in [4.78, 5) is 23.2. The molecule has 0 aliphatic heterocycles. The molecule has 3 aromatic rings. The lowest BCUT2D eigenvalue weighted by molar-refractivity contribution is 0.102. The van der Waals surface area contributed by atoms with Crippen LogP contribution in [0, 0.1) is 6.92 Å². The number of amides is 1. The van der Waals surface area contributed by atoms with Crippen molar-refractivity contribution in [3.05, 3.63) is 89.5 Å². The minimum absolute atomic E-state index is 0.141. The Morgan fingerprint density at radius 1 is 0.875 bits per heavy atom. The average Bonchev–Trinajstić information content (AvgIpc) is 2.64. The monoisotopic (exact) mass is 315 g/mol. The van der Waals surface area contributed by atoms with Crippen LogP contribution >= 0.6 is 0 Å². The van der Waals surface area contributed by atoms with Gasteiger partial charge >= 0.3 is 0 Å². The van der Waals surface area contributed by atoms with Crippen LogP contribution in [0.2, 0.25) is 0 Å². The van der Waals surface area contributed by atoms with Gasteiger partial charge in [-0.1, -0.05) is 48.5 Å². The van der Waals surface area contributed by atoms with Gasteiger partial charge in [-0.15, -0.1) is 0 Å². The highest BCUT2D eigenvalue weighted by atomic mass is 16.1. The van der Waals surface area contributed by atoms with Crippen molar-refractivity contribution in [1.29, 1.82) is 0 Å². The van der Waals surface area contributed by atoms with Gasteiger partial charge in [0.2, 0.25) is 0 Å². The molecule has 0 aliphatic rings. The van der Waals surface area contributed by atoms with E-state index in [0.29, 0.717) is 11.1 Å². The second-order valence-electron chi connectivity index (χ2n) is 5.59. The van der Waals surface area contributed by atoms with E-state index < -0.39 is 0 Å². The van der Waals surface area contributed by atoms with Crippen molar-refractivity contribution < 1.29 is 9.59 Å². The number of nitrogens with one attached hydrogen (secondary N) is 1. The number of aldehydes is 1. The number of rotatable bonds is 4. The number of benzene rings is 3. The van der Waals surface area contributed by atoms with E-state index in [1.807, 2.05) is 61.5 Å². The second-order valence-corrected chi connectivity index (χ2v) is 5.59. The lowest BCUT2D eigenvalue weighted by Crippen LogP contribution is -2.12. The van der Waals surface area contributed by atoms with E-state index in [4.69, 9.17) is 0 Å². The summed E-state index contributed by atoms with van der Waals surface area (Å²) in [7, 11) is 0. The SMILES string of the molecule is Cc1ccccc1NC(=O)c1ccc(-c2cccc(C=O)c2)cc1. The minimum atomic E-state index is -0.141. The largest absolute Gasteiger partial charge is 0.322 e. The predicted octanol–water partition coefficient (Wildman–Crippen LogP) is 4.73. The molecule has 24 heavy (non-hydrogen) atoms. The maximum absolute atomic E-state index is 12.4. The molecule has 3 heteroatoms. The van der Waals surface area contributed by atoms with Gasteiger partial charge in [0.1, 0.15) is 6.29 Å². The van der Waals surface area contributed by atoms with E-state index in [-0.39, 0.29) is 5.91 Å². The van der Waals surface area contributed by atoms with Crippen molar-refractivity contribution in [2.45, 2.75) is 6.92 Å². The lowest BCUT2D eigenvalue weighted by Gasteiger charge is -2.09. The molecular weight excluding hydrogens is 298 g/mol. The molecule has 0 spiro atoms. The van der Waals surface area contributed by atoms with Crippen LogP contribution < -0.4 is 5.32 Å². The standard InChI is InChI=1S/C21H17NO2/c1-15-5-2-3-8-20(15)22-21(24)18-11-9-17(10-12-18)19-7-4-6-16(13-19)14-23/h2-14H,1H3,(H,22,24). The van der Waals surface area contributed by atoms with E-state index in [1.54, 1.807) is 18.2 Å². The minimum Gasteiger partial charge on any atom is -0.322 e. The van der Waals surface area contributed by atoms with Crippen molar-refractivity contribution in [3.8, 4) is 11.1 Å². The number of aryl methyl sites for hydroxylation is 1. The molecule has 0 heterocycles. The van der Waals surface area contributed by atoms with Gasteiger partial charge in [-0.3, -0.25) is 9.59 Å². The summed E-state index contributed by atoms with van der Waals surface area (Å²) >= 11 is 0. The highest BCUT2D eigenvalue weighted by molar-refractivity contribution is 6.04. The fourth-order valence-corrected chi connectivity index (χ4v) is 2.51. The molecule has 3 rings (SSSR count). The van der Waals surface area contributed by atoms with E-state index in [1.165, 1.54) is 0 Å². The van der Waals surface area contributed by atoms with E-state index >= 15 is 0 Å². The van der Waals surface area contributed by atoms with Gasteiger partial charge in [0.25, 0.3) is 5.91 Å². The first-order valence-corrected chi connectivity index (χ1v) is 7.70. The highest BCUT2D eigenvalue weighted by Crippen LogP contribution is 2.21. The molecule has 0 unspecified atom stereocenters. The normalized spacial score (nSPS) is 10.2. The predicted molar refractivity (Wildman–Crippen MR) is 96.4 cm³/mol. The van der Waals surface area contributed by atoms with Gasteiger partial charge < -0.3 is 5.32 Å². The summed E-state index contributed by atoms with van der Waals surface area (Å²) in [5.74, 6) is -0.141. The van der Waals surface area contributed by atoms with Crippen LogP contribution in [-0.2, 0) is 0 Å². The maximum atomic E-state index is 12.4. The molecule has 3 nitrogen and oxygen atoms in total. The van der Waals surface area contributed by atoms with Crippen LogP contribution in [0.15, 0.2) is 72.8 Å². The Kier molecular flexibility index (Phi) is 4.52. The fraction of sp³-hybridized carbons (Fsp3) is 0.0476. The second kappa shape index (κ2) is 6.92. The number of anilines is 1. The third-order valence-electron chi connectivity index (χ3n) is 3.90. The molecule has 3 aromatic carbocycles. The van der Waals surface area contributed by atoms with Gasteiger partial charge in [-0.25, -0.2) is 0 Å².